The molecule has 0 aliphatic heterocycles. The van der Waals surface area contributed by atoms with Crippen LogP contribution in [0.1, 0.15) is 63.4 Å². The van der Waals surface area contributed by atoms with Gasteiger partial charge >= 0.3 is 0 Å². The van der Waals surface area contributed by atoms with Crippen molar-refractivity contribution in [1.82, 2.24) is 0 Å². The molecule has 1 unspecified atom stereocenters. The largest absolute Gasteiger partial charge is 0.343 e. The van der Waals surface area contributed by atoms with Gasteiger partial charge in [0.15, 0.2) is 0 Å². The summed E-state index contributed by atoms with van der Waals surface area (Å²) in [5.74, 6) is -4.00. The summed E-state index contributed by atoms with van der Waals surface area (Å²) in [6, 6.07) is 3.34. The fourth-order valence-corrected chi connectivity index (χ4v) is 2.82. The fourth-order valence-electron chi connectivity index (χ4n) is 2.82. The van der Waals surface area contributed by atoms with Crippen LogP contribution in [0, 0.1) is 11.6 Å². The number of methoxy groups -OCH3 is 2. The molecule has 1 aromatic rings. The van der Waals surface area contributed by atoms with E-state index in [0.717, 1.165) is 25.3 Å². The number of benzene rings is 1. The van der Waals surface area contributed by atoms with E-state index in [1.54, 1.807) is 0 Å². The molecule has 0 amide bonds. The molecule has 0 saturated heterocycles. The van der Waals surface area contributed by atoms with Crippen molar-refractivity contribution >= 4 is 0 Å². The molecule has 0 aromatic heterocycles. The molecule has 1 rings (SSSR count). The lowest BCUT2D eigenvalue weighted by atomic mass is 9.90. The first kappa shape index (κ1) is 20.0. The van der Waals surface area contributed by atoms with E-state index in [2.05, 4.69) is 6.92 Å². The van der Waals surface area contributed by atoms with Gasteiger partial charge in [-0.3, -0.25) is 0 Å². The third-order valence-corrected chi connectivity index (χ3v) is 4.21. The van der Waals surface area contributed by atoms with Crippen molar-refractivity contribution in [3.05, 3.63) is 35.4 Å². The topological polar surface area (TPSA) is 38.7 Å². The first-order chi connectivity index (χ1) is 11.0. The lowest BCUT2D eigenvalue weighted by Crippen LogP contribution is -2.40. The van der Waals surface area contributed by atoms with Crippen LogP contribution in [-0.4, -0.2) is 25.3 Å². The number of hydrogen-bond acceptors (Lipinski definition) is 3. The third kappa shape index (κ3) is 5.83. The highest BCUT2D eigenvalue weighted by Crippen LogP contribution is 2.36. The second-order valence-electron chi connectivity index (χ2n) is 5.81. The molecule has 23 heavy (non-hydrogen) atoms. The molecule has 0 aliphatic carbocycles. The maximum atomic E-state index is 14.1. The van der Waals surface area contributed by atoms with Crippen LogP contribution < -0.4 is 0 Å². The Kier molecular flexibility index (Phi) is 8.66. The van der Waals surface area contributed by atoms with Crippen molar-refractivity contribution < 1.29 is 23.4 Å². The maximum Gasteiger partial charge on any atom is 0.287 e. The molecule has 0 fully saturated rings. The molecule has 132 valence electrons. The average molecular weight is 330 g/mol. The van der Waals surface area contributed by atoms with Crippen LogP contribution in [0.2, 0.25) is 0 Å². The summed E-state index contributed by atoms with van der Waals surface area (Å²) in [5.41, 5.74) is 0.200. The molecule has 5 heteroatoms. The number of hydrogen-bond donors (Lipinski definition) is 1. The van der Waals surface area contributed by atoms with E-state index in [4.69, 9.17) is 9.47 Å². The number of halogens is 2. The normalized spacial score (nSPS) is 13.3. The maximum absolute atomic E-state index is 14.1. The second kappa shape index (κ2) is 9.96. The minimum atomic E-state index is -1.93. The smallest absolute Gasteiger partial charge is 0.287 e. The molecule has 0 spiro atoms. The van der Waals surface area contributed by atoms with Crippen LogP contribution in [0.25, 0.3) is 0 Å². The lowest BCUT2D eigenvalue weighted by Gasteiger charge is -2.33. The predicted octanol–water partition coefficient (Wildman–Crippen LogP) is 4.74. The van der Waals surface area contributed by atoms with Crippen molar-refractivity contribution in [1.29, 1.82) is 0 Å². The Morgan fingerprint density at radius 1 is 1.04 bits per heavy atom. The Hall–Kier alpha value is -1.04. The molecule has 0 heterocycles. The zero-order chi connectivity index (χ0) is 17.3. The minimum absolute atomic E-state index is 0.200. The van der Waals surface area contributed by atoms with E-state index in [1.165, 1.54) is 45.6 Å². The van der Waals surface area contributed by atoms with Crippen molar-refractivity contribution in [2.24, 2.45) is 0 Å². The first-order valence-electron chi connectivity index (χ1n) is 8.26. The first-order valence-corrected chi connectivity index (χ1v) is 8.26. The van der Waals surface area contributed by atoms with E-state index < -0.39 is 23.5 Å². The Balaban J connectivity index is 2.82. The van der Waals surface area contributed by atoms with Crippen molar-refractivity contribution in [2.75, 3.05) is 14.2 Å². The highest BCUT2D eigenvalue weighted by Gasteiger charge is 2.39. The molecule has 0 bridgehead atoms. The van der Waals surface area contributed by atoms with Crippen LogP contribution in [0.3, 0.4) is 0 Å². The van der Waals surface area contributed by atoms with E-state index >= 15 is 0 Å². The SMILES string of the molecule is CCCCCCCCC(c1ccc(F)cc1F)C(O)(OC)OC. The standard InChI is InChI=1S/C18H28F2O3/c1-4-5-6-7-8-9-10-16(18(21,22-2)23-3)15-12-11-14(19)13-17(15)20/h11-13,16,21H,4-10H2,1-3H3. The van der Waals surface area contributed by atoms with E-state index in [9.17, 15) is 13.9 Å². The van der Waals surface area contributed by atoms with Gasteiger partial charge in [0, 0.05) is 20.3 Å². The van der Waals surface area contributed by atoms with Gasteiger partial charge in [-0.25, -0.2) is 8.78 Å². The quantitative estimate of drug-likeness (QED) is 0.470. The van der Waals surface area contributed by atoms with Gasteiger partial charge in [0.2, 0.25) is 0 Å². The number of unbranched alkanes of at least 4 members (excludes halogenated alkanes) is 5. The number of aliphatic hydroxyl groups is 1. The second-order valence-corrected chi connectivity index (χ2v) is 5.81. The fraction of sp³-hybridized carbons (Fsp3) is 0.667. The highest BCUT2D eigenvalue weighted by atomic mass is 19.1. The van der Waals surface area contributed by atoms with Gasteiger partial charge in [-0.1, -0.05) is 51.5 Å². The Morgan fingerprint density at radius 3 is 2.22 bits per heavy atom. The van der Waals surface area contributed by atoms with E-state index in [0.29, 0.717) is 6.42 Å². The van der Waals surface area contributed by atoms with Crippen molar-refractivity contribution in [3.63, 3.8) is 0 Å². The summed E-state index contributed by atoms with van der Waals surface area (Å²) in [7, 11) is 2.61. The molecule has 3 nitrogen and oxygen atoms in total. The van der Waals surface area contributed by atoms with Crippen LogP contribution in [0.5, 0.6) is 0 Å². The monoisotopic (exact) mass is 330 g/mol. The van der Waals surface area contributed by atoms with Gasteiger partial charge in [0.05, 0.1) is 5.92 Å². The van der Waals surface area contributed by atoms with Crippen molar-refractivity contribution in [2.45, 2.75) is 63.8 Å². The highest BCUT2D eigenvalue weighted by molar-refractivity contribution is 5.24. The Bertz CT molecular complexity index is 462. The molecule has 1 atom stereocenters. The molecule has 0 saturated carbocycles. The van der Waals surface area contributed by atoms with E-state index in [-0.39, 0.29) is 5.56 Å². The van der Waals surface area contributed by atoms with Gasteiger partial charge in [-0.15, -0.1) is 0 Å². The van der Waals surface area contributed by atoms with Gasteiger partial charge in [0.1, 0.15) is 11.6 Å². The van der Waals surface area contributed by atoms with E-state index in [1.807, 2.05) is 0 Å². The zero-order valence-electron chi connectivity index (χ0n) is 14.3. The molecular weight excluding hydrogens is 302 g/mol. The summed E-state index contributed by atoms with van der Waals surface area (Å²) < 4.78 is 37.4. The Labute approximate surface area is 137 Å². The van der Waals surface area contributed by atoms with Crippen LogP contribution in [-0.2, 0) is 9.47 Å². The summed E-state index contributed by atoms with van der Waals surface area (Å²) in [4.78, 5) is 0. The number of rotatable bonds is 11. The predicted molar refractivity (Wildman–Crippen MR) is 86.1 cm³/mol. The summed E-state index contributed by atoms with van der Waals surface area (Å²) in [5, 5.41) is 10.5. The molecule has 0 aliphatic rings. The Morgan fingerprint density at radius 2 is 1.65 bits per heavy atom. The molecule has 1 aromatic carbocycles. The molecular formula is C18H28F2O3. The van der Waals surface area contributed by atoms with Gasteiger partial charge in [-0.05, 0) is 18.1 Å². The average Bonchev–Trinajstić information content (AvgIpc) is 2.54. The number of ether oxygens (including phenoxy) is 2. The zero-order valence-corrected chi connectivity index (χ0v) is 14.3. The summed E-state index contributed by atoms with van der Waals surface area (Å²) in [6.07, 6.45) is 6.94. The van der Waals surface area contributed by atoms with Gasteiger partial charge in [0.25, 0.3) is 5.97 Å². The van der Waals surface area contributed by atoms with Crippen molar-refractivity contribution in [3.8, 4) is 0 Å². The van der Waals surface area contributed by atoms with Crippen LogP contribution in [0.4, 0.5) is 8.78 Å². The van der Waals surface area contributed by atoms with Gasteiger partial charge < -0.3 is 14.6 Å². The summed E-state index contributed by atoms with van der Waals surface area (Å²) in [6.45, 7) is 2.16. The van der Waals surface area contributed by atoms with Crippen LogP contribution in [0.15, 0.2) is 18.2 Å². The summed E-state index contributed by atoms with van der Waals surface area (Å²) >= 11 is 0. The molecule has 1 N–H and O–H groups in total. The van der Waals surface area contributed by atoms with Gasteiger partial charge in [-0.2, -0.15) is 0 Å². The van der Waals surface area contributed by atoms with Crippen LogP contribution >= 0.6 is 0 Å². The minimum Gasteiger partial charge on any atom is -0.343 e. The lowest BCUT2D eigenvalue weighted by molar-refractivity contribution is -0.353. The molecule has 0 radical (unpaired) electrons. The third-order valence-electron chi connectivity index (χ3n) is 4.21.